The van der Waals surface area contributed by atoms with Crippen molar-refractivity contribution in [2.24, 2.45) is 17.8 Å². The zero-order valence-electron chi connectivity index (χ0n) is 13.7. The molecule has 25 heavy (non-hydrogen) atoms. The predicted molar refractivity (Wildman–Crippen MR) is 86.2 cm³/mol. The minimum Gasteiger partial charge on any atom is -0.406 e. The van der Waals surface area contributed by atoms with Gasteiger partial charge in [-0.25, -0.2) is 4.79 Å². The van der Waals surface area contributed by atoms with Crippen LogP contribution in [0.3, 0.4) is 0 Å². The first-order valence-corrected chi connectivity index (χ1v) is 8.74. The molecule has 2 amide bonds. The largest absolute Gasteiger partial charge is 0.573 e. The standard InChI is InChI=1S/C18H21F3N2O2/c19-18(20,21)25-15-3-1-14(2-4-15)22-16(24)23-17-8-11-5-12(9-17)7-13(6-11)10-17/h1-4,11-13H,5-10H2,(H2,22,23,24). The fourth-order valence-corrected chi connectivity index (χ4v) is 5.41. The number of benzene rings is 1. The number of nitrogens with one attached hydrogen (secondary N) is 2. The van der Waals surface area contributed by atoms with Crippen molar-refractivity contribution in [3.05, 3.63) is 24.3 Å². The quantitative estimate of drug-likeness (QED) is 0.828. The Balaban J connectivity index is 1.36. The molecular formula is C18H21F3N2O2. The van der Waals surface area contributed by atoms with Crippen LogP contribution in [0.2, 0.25) is 0 Å². The van der Waals surface area contributed by atoms with E-state index in [0.717, 1.165) is 37.0 Å². The summed E-state index contributed by atoms with van der Waals surface area (Å²) in [5.74, 6) is 1.88. The van der Waals surface area contributed by atoms with Crippen LogP contribution < -0.4 is 15.4 Å². The molecule has 0 unspecified atom stereocenters. The normalized spacial score (nSPS) is 33.2. The molecule has 5 rings (SSSR count). The summed E-state index contributed by atoms with van der Waals surface area (Å²) in [6.45, 7) is 0. The number of amides is 2. The number of hydrogen-bond acceptors (Lipinski definition) is 2. The first kappa shape index (κ1) is 16.5. The smallest absolute Gasteiger partial charge is 0.406 e. The van der Waals surface area contributed by atoms with Gasteiger partial charge in [-0.3, -0.25) is 0 Å². The monoisotopic (exact) mass is 354 g/mol. The molecule has 4 bridgehead atoms. The van der Waals surface area contributed by atoms with Gasteiger partial charge in [0.2, 0.25) is 0 Å². The van der Waals surface area contributed by atoms with Crippen LogP contribution in [0.25, 0.3) is 0 Å². The van der Waals surface area contributed by atoms with Crippen LogP contribution in [-0.2, 0) is 0 Å². The van der Waals surface area contributed by atoms with Crippen molar-refractivity contribution in [1.82, 2.24) is 5.32 Å². The van der Waals surface area contributed by atoms with Gasteiger partial charge in [0.1, 0.15) is 5.75 Å². The molecule has 0 radical (unpaired) electrons. The maximum absolute atomic E-state index is 12.4. The number of rotatable bonds is 3. The average Bonchev–Trinajstić information content (AvgIpc) is 2.45. The van der Waals surface area contributed by atoms with E-state index in [2.05, 4.69) is 15.4 Å². The minimum atomic E-state index is -4.72. The molecule has 1 aromatic rings. The third-order valence-corrected chi connectivity index (χ3v) is 5.76. The molecule has 4 nitrogen and oxygen atoms in total. The number of ether oxygens (including phenoxy) is 1. The topological polar surface area (TPSA) is 50.4 Å². The van der Waals surface area contributed by atoms with Crippen molar-refractivity contribution < 1.29 is 22.7 Å². The number of anilines is 1. The van der Waals surface area contributed by atoms with Gasteiger partial charge in [-0.2, -0.15) is 0 Å². The van der Waals surface area contributed by atoms with Crippen LogP contribution in [0.4, 0.5) is 23.7 Å². The van der Waals surface area contributed by atoms with Crippen molar-refractivity contribution in [3.63, 3.8) is 0 Å². The molecule has 1 aromatic carbocycles. The van der Waals surface area contributed by atoms with E-state index in [0.29, 0.717) is 5.69 Å². The fourth-order valence-electron chi connectivity index (χ4n) is 5.41. The fraction of sp³-hybridized carbons (Fsp3) is 0.611. The Hall–Kier alpha value is -1.92. The Morgan fingerprint density at radius 2 is 1.52 bits per heavy atom. The lowest BCUT2D eigenvalue weighted by molar-refractivity contribution is -0.274. The van der Waals surface area contributed by atoms with Gasteiger partial charge >= 0.3 is 12.4 Å². The summed E-state index contributed by atoms with van der Waals surface area (Å²) in [5, 5.41) is 5.88. The summed E-state index contributed by atoms with van der Waals surface area (Å²) >= 11 is 0. The minimum absolute atomic E-state index is 0.0990. The molecule has 0 spiro atoms. The number of carbonyl (C=O) groups excluding carboxylic acids is 1. The summed E-state index contributed by atoms with van der Waals surface area (Å²) < 4.78 is 40.3. The first-order chi connectivity index (χ1) is 11.8. The second-order valence-corrected chi connectivity index (χ2v) is 7.85. The molecular weight excluding hydrogens is 333 g/mol. The summed E-state index contributed by atoms with van der Waals surface area (Å²) in [5.41, 5.74) is 0.342. The van der Waals surface area contributed by atoms with Gasteiger partial charge in [-0.05, 0) is 80.5 Å². The van der Waals surface area contributed by atoms with E-state index in [1.807, 2.05) is 0 Å². The van der Waals surface area contributed by atoms with Crippen LogP contribution >= 0.6 is 0 Å². The summed E-state index contributed by atoms with van der Waals surface area (Å²) in [6.07, 6.45) is 2.31. The van der Waals surface area contributed by atoms with Crippen LogP contribution in [0.15, 0.2) is 24.3 Å². The molecule has 7 heteroatoms. The van der Waals surface area contributed by atoms with Gasteiger partial charge in [0.25, 0.3) is 0 Å². The Morgan fingerprint density at radius 1 is 1.00 bits per heavy atom. The number of carbonyl (C=O) groups is 1. The SMILES string of the molecule is O=C(Nc1ccc(OC(F)(F)F)cc1)NC12CC3CC(CC(C3)C1)C2. The molecule has 4 aliphatic carbocycles. The Bertz CT molecular complexity index is 622. The van der Waals surface area contributed by atoms with E-state index in [1.165, 1.54) is 43.5 Å². The molecule has 2 N–H and O–H groups in total. The van der Waals surface area contributed by atoms with Crippen LogP contribution in [0.5, 0.6) is 5.75 Å². The van der Waals surface area contributed by atoms with Gasteiger partial charge in [0.15, 0.2) is 0 Å². The van der Waals surface area contributed by atoms with E-state index in [4.69, 9.17) is 0 Å². The van der Waals surface area contributed by atoms with Gasteiger partial charge < -0.3 is 15.4 Å². The Labute approximate surface area is 144 Å². The summed E-state index contributed by atoms with van der Waals surface area (Å²) in [7, 11) is 0. The van der Waals surface area contributed by atoms with Crippen molar-refractivity contribution >= 4 is 11.7 Å². The van der Waals surface area contributed by atoms with Crippen LogP contribution in [0, 0.1) is 17.8 Å². The molecule has 0 aliphatic heterocycles. The highest BCUT2D eigenvalue weighted by Crippen LogP contribution is 2.55. The van der Waals surface area contributed by atoms with E-state index in [-0.39, 0.29) is 17.3 Å². The molecule has 0 aromatic heterocycles. The zero-order valence-corrected chi connectivity index (χ0v) is 13.7. The second-order valence-electron chi connectivity index (χ2n) is 7.85. The molecule has 4 fully saturated rings. The Morgan fingerprint density at radius 3 is 2.00 bits per heavy atom. The van der Waals surface area contributed by atoms with Crippen molar-refractivity contribution in [2.75, 3.05) is 5.32 Å². The highest BCUT2D eigenvalue weighted by Gasteiger charge is 2.51. The first-order valence-electron chi connectivity index (χ1n) is 8.74. The molecule has 4 saturated carbocycles. The van der Waals surface area contributed by atoms with Gasteiger partial charge in [-0.1, -0.05) is 0 Å². The molecule has 136 valence electrons. The maximum Gasteiger partial charge on any atom is 0.573 e. The molecule has 0 heterocycles. The van der Waals surface area contributed by atoms with Gasteiger partial charge in [-0.15, -0.1) is 13.2 Å². The van der Waals surface area contributed by atoms with E-state index in [9.17, 15) is 18.0 Å². The number of urea groups is 1. The van der Waals surface area contributed by atoms with E-state index < -0.39 is 6.36 Å². The molecule has 0 saturated heterocycles. The lowest BCUT2D eigenvalue weighted by Crippen LogP contribution is -2.60. The van der Waals surface area contributed by atoms with Crippen LogP contribution in [0.1, 0.15) is 38.5 Å². The van der Waals surface area contributed by atoms with Crippen molar-refractivity contribution in [1.29, 1.82) is 0 Å². The average molecular weight is 354 g/mol. The van der Waals surface area contributed by atoms with Crippen molar-refractivity contribution in [2.45, 2.75) is 50.4 Å². The summed E-state index contributed by atoms with van der Waals surface area (Å²) in [4.78, 5) is 12.4. The van der Waals surface area contributed by atoms with Crippen molar-refractivity contribution in [3.8, 4) is 5.75 Å². The zero-order chi connectivity index (χ0) is 17.7. The third-order valence-electron chi connectivity index (χ3n) is 5.76. The number of alkyl halides is 3. The third kappa shape index (κ3) is 3.70. The lowest BCUT2D eigenvalue weighted by atomic mass is 9.53. The van der Waals surface area contributed by atoms with E-state index >= 15 is 0 Å². The highest BCUT2D eigenvalue weighted by atomic mass is 19.4. The summed E-state index contributed by atoms with van der Waals surface area (Å²) in [6, 6.07) is 4.90. The van der Waals surface area contributed by atoms with Gasteiger partial charge in [0, 0.05) is 11.2 Å². The predicted octanol–water partition coefficient (Wildman–Crippen LogP) is 4.68. The number of halogens is 3. The highest BCUT2D eigenvalue weighted by molar-refractivity contribution is 5.89. The van der Waals surface area contributed by atoms with E-state index in [1.54, 1.807) is 0 Å². The molecule has 4 aliphatic rings. The van der Waals surface area contributed by atoms with Gasteiger partial charge in [0.05, 0.1) is 0 Å². The van der Waals surface area contributed by atoms with Crippen LogP contribution in [-0.4, -0.2) is 17.9 Å². The molecule has 0 atom stereocenters. The Kier molecular flexibility index (Phi) is 3.85. The second kappa shape index (κ2) is 5.81. The lowest BCUT2D eigenvalue weighted by Gasteiger charge is -2.56. The number of hydrogen-bond donors (Lipinski definition) is 2. The maximum atomic E-state index is 12.4.